The van der Waals surface area contributed by atoms with Crippen LogP contribution < -0.4 is 0 Å². The average molecular weight is 206 g/mol. The van der Waals surface area contributed by atoms with Crippen LogP contribution in [-0.4, -0.2) is 5.11 Å². The highest BCUT2D eigenvalue weighted by Gasteiger charge is 2.35. The summed E-state index contributed by atoms with van der Waals surface area (Å²) in [5.41, 5.74) is 1.48. The van der Waals surface area contributed by atoms with Gasteiger partial charge in [0, 0.05) is 0 Å². The van der Waals surface area contributed by atoms with Gasteiger partial charge in [-0.15, -0.1) is 0 Å². The van der Waals surface area contributed by atoms with E-state index in [9.17, 15) is 9.50 Å². The average Bonchev–Trinajstić information content (AvgIpc) is 2.44. The number of benzene rings is 1. The van der Waals surface area contributed by atoms with Crippen LogP contribution in [0.3, 0.4) is 0 Å². The van der Waals surface area contributed by atoms with Gasteiger partial charge in [0.2, 0.25) is 0 Å². The van der Waals surface area contributed by atoms with Crippen molar-refractivity contribution in [1.82, 2.24) is 0 Å². The third kappa shape index (κ3) is 1.70. The lowest BCUT2D eigenvalue weighted by molar-refractivity contribution is 0.0907. The molecule has 1 aliphatic rings. The summed E-state index contributed by atoms with van der Waals surface area (Å²) in [7, 11) is 0. The van der Waals surface area contributed by atoms with Crippen molar-refractivity contribution in [3.63, 3.8) is 0 Å². The van der Waals surface area contributed by atoms with Crippen molar-refractivity contribution < 1.29 is 9.50 Å². The Hall–Kier alpha value is -1.15. The fourth-order valence-electron chi connectivity index (χ4n) is 2.30. The molecule has 1 aromatic rings. The summed E-state index contributed by atoms with van der Waals surface area (Å²) in [6.07, 6.45) is 3.01. The molecular formula is C13H15FO. The summed E-state index contributed by atoms with van der Waals surface area (Å²) in [6, 6.07) is 4.92. The normalized spacial score (nSPS) is 23.7. The van der Waals surface area contributed by atoms with Crippen LogP contribution in [0, 0.1) is 5.82 Å². The summed E-state index contributed by atoms with van der Waals surface area (Å²) in [5, 5.41) is 10.4. The van der Waals surface area contributed by atoms with E-state index >= 15 is 0 Å². The molecule has 1 unspecified atom stereocenters. The number of allylic oxidation sites excluding steroid dienone is 1. The fourth-order valence-corrected chi connectivity index (χ4v) is 2.30. The van der Waals surface area contributed by atoms with Crippen LogP contribution in [0.2, 0.25) is 0 Å². The monoisotopic (exact) mass is 206 g/mol. The lowest BCUT2D eigenvalue weighted by atomic mass is 9.94. The van der Waals surface area contributed by atoms with Crippen molar-refractivity contribution in [1.29, 1.82) is 0 Å². The van der Waals surface area contributed by atoms with E-state index in [2.05, 4.69) is 0 Å². The molecule has 15 heavy (non-hydrogen) atoms. The van der Waals surface area contributed by atoms with Crippen molar-refractivity contribution in [3.05, 3.63) is 46.8 Å². The van der Waals surface area contributed by atoms with Crippen LogP contribution in [0.1, 0.15) is 31.4 Å². The number of fused-ring (bicyclic) bond motifs is 1. The van der Waals surface area contributed by atoms with Gasteiger partial charge in [0.1, 0.15) is 11.4 Å². The molecule has 0 fully saturated rings. The minimum atomic E-state index is -0.962. The molecule has 0 aromatic heterocycles. The first-order valence-corrected chi connectivity index (χ1v) is 5.19. The summed E-state index contributed by atoms with van der Waals surface area (Å²) in [6.45, 7) is 3.88. The highest BCUT2D eigenvalue weighted by molar-refractivity contribution is 5.41. The molecule has 1 N–H and O–H groups in total. The Morgan fingerprint density at radius 1 is 1.47 bits per heavy atom. The van der Waals surface area contributed by atoms with Gasteiger partial charge in [-0.3, -0.25) is 0 Å². The van der Waals surface area contributed by atoms with Gasteiger partial charge >= 0.3 is 0 Å². The van der Waals surface area contributed by atoms with Gasteiger partial charge in [0.05, 0.1) is 0 Å². The van der Waals surface area contributed by atoms with Crippen LogP contribution in [0.15, 0.2) is 29.8 Å². The molecule has 2 heteroatoms. The zero-order chi connectivity index (χ0) is 11.1. The molecule has 0 radical (unpaired) electrons. The maximum Gasteiger partial charge on any atom is 0.126 e. The Morgan fingerprint density at radius 3 is 2.87 bits per heavy atom. The predicted octanol–water partition coefficient (Wildman–Crippen LogP) is 2.93. The van der Waals surface area contributed by atoms with Crippen LogP contribution in [0.25, 0.3) is 0 Å². The van der Waals surface area contributed by atoms with Crippen LogP contribution in [0.4, 0.5) is 4.39 Å². The highest BCUT2D eigenvalue weighted by atomic mass is 19.1. The molecular weight excluding hydrogens is 191 g/mol. The number of rotatable bonds is 1. The zero-order valence-electron chi connectivity index (χ0n) is 9.05. The summed E-state index contributed by atoms with van der Waals surface area (Å²) in [4.78, 5) is 0. The highest BCUT2D eigenvalue weighted by Crippen LogP contribution is 2.39. The van der Waals surface area contributed by atoms with Crippen molar-refractivity contribution in [2.45, 2.75) is 32.3 Å². The van der Waals surface area contributed by atoms with E-state index in [1.807, 2.05) is 26.0 Å². The molecule has 0 spiro atoms. The second-order valence-electron chi connectivity index (χ2n) is 4.41. The third-order valence-corrected chi connectivity index (χ3v) is 2.87. The Kier molecular flexibility index (Phi) is 2.39. The lowest BCUT2D eigenvalue weighted by Gasteiger charge is -2.20. The Labute approximate surface area is 89.3 Å². The summed E-state index contributed by atoms with van der Waals surface area (Å²) >= 11 is 0. The third-order valence-electron chi connectivity index (χ3n) is 2.87. The number of halogens is 1. The standard InChI is InChI=1S/C13H15FO/c1-9(2)8-13(15)7-6-10-11(13)4-3-5-12(10)14/h3-5,8,15H,6-7H2,1-2H3. The number of hydrogen-bond acceptors (Lipinski definition) is 1. The predicted molar refractivity (Wildman–Crippen MR) is 58.0 cm³/mol. The first-order valence-electron chi connectivity index (χ1n) is 5.19. The summed E-state index contributed by atoms with van der Waals surface area (Å²) in [5.74, 6) is -0.203. The van der Waals surface area contributed by atoms with E-state index in [-0.39, 0.29) is 5.82 Å². The Bertz CT molecular complexity index is 419. The van der Waals surface area contributed by atoms with Gasteiger partial charge in [-0.1, -0.05) is 17.7 Å². The Balaban J connectivity index is 2.53. The topological polar surface area (TPSA) is 20.2 Å². The lowest BCUT2D eigenvalue weighted by Crippen LogP contribution is -2.19. The van der Waals surface area contributed by atoms with E-state index in [0.29, 0.717) is 18.4 Å². The van der Waals surface area contributed by atoms with E-state index in [0.717, 1.165) is 11.1 Å². The van der Waals surface area contributed by atoms with Crippen molar-refractivity contribution in [3.8, 4) is 0 Å². The van der Waals surface area contributed by atoms with Gasteiger partial charge in [-0.2, -0.15) is 0 Å². The van der Waals surface area contributed by atoms with Gasteiger partial charge < -0.3 is 5.11 Å². The maximum absolute atomic E-state index is 13.4. The quantitative estimate of drug-likeness (QED) is 0.700. The van der Waals surface area contributed by atoms with E-state index < -0.39 is 5.60 Å². The molecule has 80 valence electrons. The molecule has 1 atom stereocenters. The zero-order valence-corrected chi connectivity index (χ0v) is 9.05. The fraction of sp³-hybridized carbons (Fsp3) is 0.385. The molecule has 0 bridgehead atoms. The van der Waals surface area contributed by atoms with E-state index in [1.165, 1.54) is 6.07 Å². The van der Waals surface area contributed by atoms with Crippen molar-refractivity contribution >= 4 is 0 Å². The van der Waals surface area contributed by atoms with Crippen LogP contribution in [0.5, 0.6) is 0 Å². The van der Waals surface area contributed by atoms with Crippen molar-refractivity contribution in [2.24, 2.45) is 0 Å². The summed E-state index contributed by atoms with van der Waals surface area (Å²) < 4.78 is 13.4. The van der Waals surface area contributed by atoms with Crippen LogP contribution in [-0.2, 0) is 12.0 Å². The second-order valence-corrected chi connectivity index (χ2v) is 4.41. The smallest absolute Gasteiger partial charge is 0.126 e. The van der Waals surface area contributed by atoms with Crippen LogP contribution >= 0.6 is 0 Å². The largest absolute Gasteiger partial charge is 0.381 e. The number of aliphatic hydroxyl groups is 1. The van der Waals surface area contributed by atoms with Gasteiger partial charge in [-0.05, 0) is 50.0 Å². The number of hydrogen-bond donors (Lipinski definition) is 1. The second kappa shape index (κ2) is 3.46. The van der Waals surface area contributed by atoms with Gasteiger partial charge in [-0.25, -0.2) is 4.39 Å². The first kappa shape index (κ1) is 10.4. The molecule has 1 aliphatic carbocycles. The minimum Gasteiger partial charge on any atom is -0.381 e. The molecule has 1 nitrogen and oxygen atoms in total. The van der Waals surface area contributed by atoms with E-state index in [1.54, 1.807) is 6.07 Å². The molecule has 2 rings (SSSR count). The molecule has 0 heterocycles. The SMILES string of the molecule is CC(C)=CC1(O)CCc2c(F)cccc21. The molecule has 1 aromatic carbocycles. The first-order chi connectivity index (χ1) is 7.03. The minimum absolute atomic E-state index is 0.203. The van der Waals surface area contributed by atoms with Gasteiger partial charge in [0.25, 0.3) is 0 Å². The van der Waals surface area contributed by atoms with E-state index in [4.69, 9.17) is 0 Å². The maximum atomic E-state index is 13.4. The molecule has 0 saturated heterocycles. The molecule has 0 saturated carbocycles. The molecule has 0 amide bonds. The molecule has 0 aliphatic heterocycles. The Morgan fingerprint density at radius 2 is 2.20 bits per heavy atom. The van der Waals surface area contributed by atoms with Gasteiger partial charge in [0.15, 0.2) is 0 Å². The van der Waals surface area contributed by atoms with Crippen molar-refractivity contribution in [2.75, 3.05) is 0 Å².